The number of fused-ring (bicyclic) bond motifs is 1. The van der Waals surface area contributed by atoms with Crippen LogP contribution < -0.4 is 5.32 Å². The van der Waals surface area contributed by atoms with Crippen molar-refractivity contribution in [2.24, 2.45) is 0 Å². The SMILES string of the molecule is Cc1ccc2c(-c3ccc(Br)cc3O)nnc(NC3CCCN(C)C3)c2c1. The van der Waals surface area contributed by atoms with Gasteiger partial charge in [-0.3, -0.25) is 0 Å². The van der Waals surface area contributed by atoms with Gasteiger partial charge < -0.3 is 15.3 Å². The van der Waals surface area contributed by atoms with Crippen LogP contribution in [0.15, 0.2) is 40.9 Å². The summed E-state index contributed by atoms with van der Waals surface area (Å²) in [5, 5.41) is 25.0. The van der Waals surface area contributed by atoms with Gasteiger partial charge in [0.2, 0.25) is 0 Å². The first-order valence-corrected chi connectivity index (χ1v) is 10.0. The Morgan fingerprint density at radius 3 is 2.78 bits per heavy atom. The fraction of sp³-hybridized carbons (Fsp3) is 0.333. The standard InChI is InChI=1S/C21H23BrN4O/c1-13-5-7-16-18(10-13)21(23-15-4-3-9-26(2)12-15)25-24-20(16)17-8-6-14(22)11-19(17)27/h5-8,10-11,15,27H,3-4,9,12H2,1-2H3,(H,23,25). The maximum absolute atomic E-state index is 10.4. The Kier molecular flexibility index (Phi) is 5.02. The first kappa shape index (κ1) is 18.2. The van der Waals surface area contributed by atoms with Gasteiger partial charge in [-0.05, 0) is 57.6 Å². The number of halogens is 1. The largest absolute Gasteiger partial charge is 0.507 e. The average molecular weight is 427 g/mol. The van der Waals surface area contributed by atoms with Crippen molar-refractivity contribution in [3.8, 4) is 17.0 Å². The van der Waals surface area contributed by atoms with E-state index in [0.29, 0.717) is 17.3 Å². The highest BCUT2D eigenvalue weighted by molar-refractivity contribution is 9.10. The third-order valence-corrected chi connectivity index (χ3v) is 5.61. The molecule has 27 heavy (non-hydrogen) atoms. The molecule has 140 valence electrons. The van der Waals surface area contributed by atoms with E-state index in [9.17, 15) is 5.11 Å². The Morgan fingerprint density at radius 1 is 1.15 bits per heavy atom. The predicted octanol–water partition coefficient (Wildman–Crippen LogP) is 4.58. The lowest BCUT2D eigenvalue weighted by Gasteiger charge is -2.30. The zero-order chi connectivity index (χ0) is 19.0. The molecule has 1 atom stereocenters. The second kappa shape index (κ2) is 7.44. The number of nitrogens with one attached hydrogen (secondary N) is 1. The van der Waals surface area contributed by atoms with Crippen LogP contribution in [0.3, 0.4) is 0 Å². The molecule has 1 aromatic heterocycles. The van der Waals surface area contributed by atoms with Crippen molar-refractivity contribution in [3.05, 3.63) is 46.4 Å². The third-order valence-electron chi connectivity index (χ3n) is 5.12. The van der Waals surface area contributed by atoms with Gasteiger partial charge in [-0.25, -0.2) is 0 Å². The number of hydrogen-bond donors (Lipinski definition) is 2. The summed E-state index contributed by atoms with van der Waals surface area (Å²) in [6.07, 6.45) is 2.32. The molecule has 0 amide bonds. The van der Waals surface area contributed by atoms with E-state index in [1.165, 1.54) is 12.0 Å². The van der Waals surface area contributed by atoms with Crippen molar-refractivity contribution in [2.75, 3.05) is 25.5 Å². The van der Waals surface area contributed by atoms with Gasteiger partial charge in [0.1, 0.15) is 11.4 Å². The number of piperidine rings is 1. The molecule has 1 aliphatic heterocycles. The van der Waals surface area contributed by atoms with Crippen LogP contribution >= 0.6 is 15.9 Å². The van der Waals surface area contributed by atoms with Crippen molar-refractivity contribution >= 4 is 32.5 Å². The summed E-state index contributed by atoms with van der Waals surface area (Å²) >= 11 is 3.39. The zero-order valence-electron chi connectivity index (χ0n) is 15.5. The normalized spacial score (nSPS) is 18.0. The molecule has 0 bridgehead atoms. The Morgan fingerprint density at radius 2 is 2.00 bits per heavy atom. The molecule has 0 radical (unpaired) electrons. The highest BCUT2D eigenvalue weighted by Crippen LogP contribution is 2.36. The van der Waals surface area contributed by atoms with E-state index in [1.807, 2.05) is 12.1 Å². The van der Waals surface area contributed by atoms with Gasteiger partial charge in [0.15, 0.2) is 5.82 Å². The molecular weight excluding hydrogens is 404 g/mol. The van der Waals surface area contributed by atoms with Crippen LogP contribution in [0.2, 0.25) is 0 Å². The number of likely N-dealkylation sites (N-methyl/N-ethyl adjacent to an activating group) is 1. The maximum Gasteiger partial charge on any atom is 0.156 e. The number of nitrogens with zero attached hydrogens (tertiary/aromatic N) is 3. The molecule has 0 saturated carbocycles. The molecule has 2 N–H and O–H groups in total. The lowest BCUT2D eigenvalue weighted by atomic mass is 10.0. The summed E-state index contributed by atoms with van der Waals surface area (Å²) < 4.78 is 0.830. The quantitative estimate of drug-likeness (QED) is 0.641. The minimum Gasteiger partial charge on any atom is -0.507 e. The van der Waals surface area contributed by atoms with E-state index < -0.39 is 0 Å². The number of rotatable bonds is 3. The number of aryl methyl sites for hydroxylation is 1. The van der Waals surface area contributed by atoms with E-state index in [4.69, 9.17) is 0 Å². The minimum atomic E-state index is 0.190. The van der Waals surface area contributed by atoms with Crippen molar-refractivity contribution in [3.63, 3.8) is 0 Å². The lowest BCUT2D eigenvalue weighted by molar-refractivity contribution is 0.261. The summed E-state index contributed by atoms with van der Waals surface area (Å²) in [6.45, 7) is 4.23. The van der Waals surface area contributed by atoms with Crippen LogP contribution in [0.5, 0.6) is 5.75 Å². The molecule has 5 nitrogen and oxygen atoms in total. The molecule has 6 heteroatoms. The molecular formula is C21H23BrN4O. The molecule has 1 saturated heterocycles. The van der Waals surface area contributed by atoms with E-state index in [2.05, 4.69) is 68.5 Å². The second-order valence-corrected chi connectivity index (χ2v) is 8.27. The zero-order valence-corrected chi connectivity index (χ0v) is 17.1. The molecule has 1 unspecified atom stereocenters. The van der Waals surface area contributed by atoms with Crippen LogP contribution in [0.4, 0.5) is 5.82 Å². The van der Waals surface area contributed by atoms with E-state index in [-0.39, 0.29) is 5.75 Å². The molecule has 2 aromatic carbocycles. The monoisotopic (exact) mass is 426 g/mol. The highest BCUT2D eigenvalue weighted by Gasteiger charge is 2.20. The van der Waals surface area contributed by atoms with Gasteiger partial charge in [0, 0.05) is 33.4 Å². The van der Waals surface area contributed by atoms with Gasteiger partial charge in [-0.1, -0.05) is 33.6 Å². The van der Waals surface area contributed by atoms with E-state index in [1.54, 1.807) is 6.07 Å². The number of aromatic nitrogens is 2. The molecule has 0 spiro atoms. The highest BCUT2D eigenvalue weighted by atomic mass is 79.9. The topological polar surface area (TPSA) is 61.3 Å². The number of phenolic OH excluding ortho intramolecular Hbond substituents is 1. The Balaban J connectivity index is 1.79. The van der Waals surface area contributed by atoms with E-state index >= 15 is 0 Å². The van der Waals surface area contributed by atoms with Gasteiger partial charge >= 0.3 is 0 Å². The number of aromatic hydroxyl groups is 1. The van der Waals surface area contributed by atoms with E-state index in [0.717, 1.165) is 40.6 Å². The van der Waals surface area contributed by atoms with Gasteiger partial charge in [-0.15, -0.1) is 10.2 Å². The fourth-order valence-electron chi connectivity index (χ4n) is 3.76. The number of hydrogen-bond acceptors (Lipinski definition) is 5. The van der Waals surface area contributed by atoms with Crippen LogP contribution in [0.1, 0.15) is 18.4 Å². The second-order valence-electron chi connectivity index (χ2n) is 7.35. The Labute approximate surface area is 167 Å². The van der Waals surface area contributed by atoms with Gasteiger partial charge in [-0.2, -0.15) is 0 Å². The smallest absolute Gasteiger partial charge is 0.156 e. The Bertz CT molecular complexity index is 991. The summed E-state index contributed by atoms with van der Waals surface area (Å²) in [4.78, 5) is 2.34. The number of benzene rings is 2. The summed E-state index contributed by atoms with van der Waals surface area (Å²) in [6, 6.07) is 12.1. The first-order valence-electron chi connectivity index (χ1n) is 9.22. The average Bonchev–Trinajstić information content (AvgIpc) is 2.63. The number of phenols is 1. The van der Waals surface area contributed by atoms with Crippen LogP contribution in [-0.2, 0) is 0 Å². The first-order chi connectivity index (χ1) is 13.0. The fourth-order valence-corrected chi connectivity index (χ4v) is 4.11. The summed E-state index contributed by atoms with van der Waals surface area (Å²) in [5.74, 6) is 1.00. The summed E-state index contributed by atoms with van der Waals surface area (Å²) in [5.41, 5.74) is 2.55. The van der Waals surface area contributed by atoms with Crippen LogP contribution in [-0.4, -0.2) is 46.4 Å². The van der Waals surface area contributed by atoms with Crippen molar-refractivity contribution < 1.29 is 5.11 Å². The van der Waals surface area contributed by atoms with Crippen LogP contribution in [0.25, 0.3) is 22.0 Å². The lowest BCUT2D eigenvalue weighted by Crippen LogP contribution is -2.40. The van der Waals surface area contributed by atoms with Gasteiger partial charge in [0.25, 0.3) is 0 Å². The molecule has 3 aromatic rings. The number of likely N-dealkylation sites (tertiary alicyclic amines) is 1. The Hall–Kier alpha value is -2.18. The molecule has 1 aliphatic rings. The van der Waals surface area contributed by atoms with Gasteiger partial charge in [0.05, 0.1) is 0 Å². The predicted molar refractivity (Wildman–Crippen MR) is 113 cm³/mol. The molecule has 0 aliphatic carbocycles. The third kappa shape index (κ3) is 3.77. The number of anilines is 1. The molecule has 4 rings (SSSR count). The van der Waals surface area contributed by atoms with Crippen LogP contribution in [0, 0.1) is 6.92 Å². The minimum absolute atomic E-state index is 0.190. The van der Waals surface area contributed by atoms with Crippen molar-refractivity contribution in [1.82, 2.24) is 15.1 Å². The van der Waals surface area contributed by atoms with Crippen molar-refractivity contribution in [2.45, 2.75) is 25.8 Å². The molecule has 2 heterocycles. The molecule has 1 fully saturated rings. The van der Waals surface area contributed by atoms with Crippen molar-refractivity contribution in [1.29, 1.82) is 0 Å². The maximum atomic E-state index is 10.4. The summed E-state index contributed by atoms with van der Waals surface area (Å²) in [7, 11) is 2.15.